The number of hydrogen-bond acceptors (Lipinski definition) is 4. The molecule has 0 radical (unpaired) electrons. The Kier molecular flexibility index (Phi) is 4.50. The minimum atomic E-state index is -1.22. The first-order valence-corrected chi connectivity index (χ1v) is 6.25. The van der Waals surface area contributed by atoms with Crippen molar-refractivity contribution in [3.05, 3.63) is 53.7 Å². The topological polar surface area (TPSA) is 88.5 Å². The van der Waals surface area contributed by atoms with Crippen LogP contribution in [0.15, 0.2) is 42.5 Å². The summed E-state index contributed by atoms with van der Waals surface area (Å²) >= 11 is 0. The van der Waals surface area contributed by atoms with Gasteiger partial charge in [0, 0.05) is 6.92 Å². The standard InChI is InChI=1S/C15H14N2O4/c1-10(18)16-13-8-7-12(14(17-13)15(19)20)21-9-11-5-3-2-4-6-11/h2-8H,9H2,1H3,(H,19,20)(H,16,17,18). The van der Waals surface area contributed by atoms with Crippen LogP contribution in [0.2, 0.25) is 0 Å². The number of aromatic carboxylic acids is 1. The number of anilines is 1. The van der Waals surface area contributed by atoms with Crippen LogP contribution in [0.5, 0.6) is 5.75 Å². The van der Waals surface area contributed by atoms with Gasteiger partial charge < -0.3 is 15.2 Å². The molecule has 0 aliphatic rings. The van der Waals surface area contributed by atoms with Crippen LogP contribution in [0.1, 0.15) is 23.0 Å². The highest BCUT2D eigenvalue weighted by Gasteiger charge is 2.15. The summed E-state index contributed by atoms with van der Waals surface area (Å²) in [5, 5.41) is 11.6. The van der Waals surface area contributed by atoms with Crippen LogP contribution in [0, 0.1) is 0 Å². The van der Waals surface area contributed by atoms with Gasteiger partial charge in [-0.25, -0.2) is 9.78 Å². The number of rotatable bonds is 5. The van der Waals surface area contributed by atoms with Crippen LogP contribution >= 0.6 is 0 Å². The second kappa shape index (κ2) is 6.51. The van der Waals surface area contributed by atoms with Crippen molar-refractivity contribution in [3.63, 3.8) is 0 Å². The van der Waals surface area contributed by atoms with Crippen molar-refractivity contribution in [2.45, 2.75) is 13.5 Å². The van der Waals surface area contributed by atoms with Gasteiger partial charge >= 0.3 is 5.97 Å². The van der Waals surface area contributed by atoms with E-state index in [-0.39, 0.29) is 29.8 Å². The van der Waals surface area contributed by atoms with Crippen molar-refractivity contribution < 1.29 is 19.4 Å². The summed E-state index contributed by atoms with van der Waals surface area (Å²) in [6, 6.07) is 12.3. The zero-order valence-corrected chi connectivity index (χ0v) is 11.4. The van der Waals surface area contributed by atoms with Crippen LogP contribution in [0.3, 0.4) is 0 Å². The molecule has 0 unspecified atom stereocenters. The summed E-state index contributed by atoms with van der Waals surface area (Å²) in [7, 11) is 0. The number of carbonyl (C=O) groups is 2. The molecule has 21 heavy (non-hydrogen) atoms. The lowest BCUT2D eigenvalue weighted by Gasteiger charge is -2.10. The average molecular weight is 286 g/mol. The number of nitrogens with zero attached hydrogens (tertiary/aromatic N) is 1. The number of carbonyl (C=O) groups excluding carboxylic acids is 1. The van der Waals surface area contributed by atoms with Crippen LogP contribution in [0.4, 0.5) is 5.82 Å². The molecule has 0 saturated carbocycles. The van der Waals surface area contributed by atoms with Crippen molar-refractivity contribution in [2.75, 3.05) is 5.32 Å². The molecule has 108 valence electrons. The lowest BCUT2D eigenvalue weighted by Crippen LogP contribution is -2.11. The van der Waals surface area contributed by atoms with Gasteiger partial charge in [-0.2, -0.15) is 0 Å². The number of carboxylic acid groups (broad SMARTS) is 1. The lowest BCUT2D eigenvalue weighted by atomic mass is 10.2. The van der Waals surface area contributed by atoms with Gasteiger partial charge in [-0.15, -0.1) is 0 Å². The summed E-state index contributed by atoms with van der Waals surface area (Å²) in [5.41, 5.74) is 0.678. The van der Waals surface area contributed by atoms with E-state index in [9.17, 15) is 9.59 Å². The Labute approximate surface area is 121 Å². The van der Waals surface area contributed by atoms with Gasteiger partial charge in [0.2, 0.25) is 5.91 Å². The fourth-order valence-electron chi connectivity index (χ4n) is 1.70. The fraction of sp³-hybridized carbons (Fsp3) is 0.133. The van der Waals surface area contributed by atoms with E-state index in [4.69, 9.17) is 9.84 Å². The van der Waals surface area contributed by atoms with Crippen LogP contribution in [-0.2, 0) is 11.4 Å². The van der Waals surface area contributed by atoms with Crippen LogP contribution in [0.25, 0.3) is 0 Å². The highest BCUT2D eigenvalue weighted by atomic mass is 16.5. The highest BCUT2D eigenvalue weighted by Crippen LogP contribution is 2.20. The third-order valence-electron chi connectivity index (χ3n) is 2.60. The first-order valence-electron chi connectivity index (χ1n) is 6.25. The van der Waals surface area contributed by atoms with Crippen molar-refractivity contribution in [1.82, 2.24) is 4.98 Å². The van der Waals surface area contributed by atoms with E-state index in [1.54, 1.807) is 0 Å². The molecule has 2 N–H and O–H groups in total. The molecule has 0 fully saturated rings. The molecule has 0 bridgehead atoms. The van der Waals surface area contributed by atoms with Gasteiger partial charge in [-0.05, 0) is 17.7 Å². The predicted octanol–water partition coefficient (Wildman–Crippen LogP) is 2.32. The molecular formula is C15H14N2O4. The number of ether oxygens (including phenoxy) is 1. The Morgan fingerprint density at radius 3 is 2.52 bits per heavy atom. The summed E-state index contributed by atoms with van der Waals surface area (Å²) in [6.45, 7) is 1.56. The number of benzene rings is 1. The van der Waals surface area contributed by atoms with Gasteiger partial charge in [-0.1, -0.05) is 30.3 Å². The maximum Gasteiger partial charge on any atom is 0.358 e. The Morgan fingerprint density at radius 1 is 1.19 bits per heavy atom. The van der Waals surface area contributed by atoms with Gasteiger partial charge in [0.25, 0.3) is 0 Å². The van der Waals surface area contributed by atoms with Crippen LogP contribution < -0.4 is 10.1 Å². The second-order valence-corrected chi connectivity index (χ2v) is 4.30. The van der Waals surface area contributed by atoms with E-state index in [1.807, 2.05) is 30.3 Å². The molecule has 2 aromatic rings. The van der Waals surface area contributed by atoms with E-state index in [1.165, 1.54) is 19.1 Å². The third-order valence-corrected chi connectivity index (χ3v) is 2.60. The fourth-order valence-corrected chi connectivity index (χ4v) is 1.70. The third kappa shape index (κ3) is 4.04. The summed E-state index contributed by atoms with van der Waals surface area (Å²) in [5.74, 6) is -1.21. The van der Waals surface area contributed by atoms with Crippen molar-refractivity contribution in [1.29, 1.82) is 0 Å². The van der Waals surface area contributed by atoms with Gasteiger partial charge in [0.05, 0.1) is 0 Å². The maximum absolute atomic E-state index is 11.2. The van der Waals surface area contributed by atoms with Gasteiger partial charge in [-0.3, -0.25) is 4.79 Å². The largest absolute Gasteiger partial charge is 0.486 e. The molecule has 6 nitrogen and oxygen atoms in total. The smallest absolute Gasteiger partial charge is 0.358 e. The monoisotopic (exact) mass is 286 g/mol. The molecule has 0 atom stereocenters. The van der Waals surface area contributed by atoms with Crippen molar-refractivity contribution in [3.8, 4) is 5.75 Å². The number of nitrogens with one attached hydrogen (secondary N) is 1. The normalized spacial score (nSPS) is 9.95. The Hall–Kier alpha value is -2.89. The van der Waals surface area contributed by atoms with Crippen molar-refractivity contribution in [2.24, 2.45) is 0 Å². The maximum atomic E-state index is 11.2. The SMILES string of the molecule is CC(=O)Nc1ccc(OCc2ccccc2)c(C(=O)O)n1. The Morgan fingerprint density at radius 2 is 1.90 bits per heavy atom. The van der Waals surface area contributed by atoms with Gasteiger partial charge in [0.1, 0.15) is 12.4 Å². The van der Waals surface area contributed by atoms with E-state index in [0.29, 0.717) is 0 Å². The minimum Gasteiger partial charge on any atom is -0.486 e. The highest BCUT2D eigenvalue weighted by molar-refractivity contribution is 5.91. The molecule has 0 aliphatic carbocycles. The van der Waals surface area contributed by atoms with E-state index >= 15 is 0 Å². The van der Waals surface area contributed by atoms with E-state index in [2.05, 4.69) is 10.3 Å². The number of pyridine rings is 1. The van der Waals surface area contributed by atoms with Crippen molar-refractivity contribution >= 4 is 17.7 Å². The van der Waals surface area contributed by atoms with Gasteiger partial charge in [0.15, 0.2) is 11.4 Å². The first kappa shape index (κ1) is 14.5. The molecule has 2 rings (SSSR count). The quantitative estimate of drug-likeness (QED) is 0.880. The molecule has 0 aliphatic heterocycles. The Bertz CT molecular complexity index is 656. The number of aromatic nitrogens is 1. The number of carboxylic acids is 1. The van der Waals surface area contributed by atoms with E-state index in [0.717, 1.165) is 5.56 Å². The molecule has 1 heterocycles. The second-order valence-electron chi connectivity index (χ2n) is 4.30. The zero-order chi connectivity index (χ0) is 15.2. The molecule has 1 aromatic carbocycles. The number of amides is 1. The summed E-state index contributed by atoms with van der Waals surface area (Å²) in [6.07, 6.45) is 0. The summed E-state index contributed by atoms with van der Waals surface area (Å²) < 4.78 is 5.49. The molecule has 0 spiro atoms. The minimum absolute atomic E-state index is 0.153. The molecule has 6 heteroatoms. The molecule has 1 amide bonds. The van der Waals surface area contributed by atoms with E-state index < -0.39 is 5.97 Å². The molecular weight excluding hydrogens is 272 g/mol. The molecule has 1 aromatic heterocycles. The number of hydrogen-bond donors (Lipinski definition) is 2. The zero-order valence-electron chi connectivity index (χ0n) is 11.4. The Balaban J connectivity index is 2.18. The lowest BCUT2D eigenvalue weighted by molar-refractivity contribution is -0.114. The van der Waals surface area contributed by atoms with Crippen LogP contribution in [-0.4, -0.2) is 22.0 Å². The predicted molar refractivity (Wildman–Crippen MR) is 76.3 cm³/mol. The first-order chi connectivity index (χ1) is 10.1. The summed E-state index contributed by atoms with van der Waals surface area (Å²) in [4.78, 5) is 26.0. The average Bonchev–Trinajstić information content (AvgIpc) is 2.46. The molecule has 0 saturated heterocycles.